The van der Waals surface area contributed by atoms with Crippen LogP contribution in [0.3, 0.4) is 0 Å². The van der Waals surface area contributed by atoms with Gasteiger partial charge in [-0.25, -0.2) is 4.98 Å². The maximum Gasteiger partial charge on any atom is 0.207 e. The average molecular weight is 323 g/mol. The maximum atomic E-state index is 10.8. The molecule has 0 radical (unpaired) electrons. The Hall–Kier alpha value is -2.82. The van der Waals surface area contributed by atoms with Gasteiger partial charge in [-0.1, -0.05) is 30.3 Å². The number of imidazole rings is 1. The third kappa shape index (κ3) is 3.25. The third-order valence-electron chi connectivity index (χ3n) is 4.06. The first-order chi connectivity index (χ1) is 11.7. The summed E-state index contributed by atoms with van der Waals surface area (Å²) < 4.78 is 8.02. The lowest BCUT2D eigenvalue weighted by Crippen LogP contribution is -2.22. The van der Waals surface area contributed by atoms with Crippen LogP contribution < -0.4 is 10.1 Å². The summed E-state index contributed by atoms with van der Waals surface area (Å²) in [6, 6.07) is 15.8. The fourth-order valence-corrected chi connectivity index (χ4v) is 2.80. The van der Waals surface area contributed by atoms with Crippen LogP contribution in [0, 0.1) is 6.92 Å². The van der Waals surface area contributed by atoms with E-state index in [9.17, 15) is 4.79 Å². The van der Waals surface area contributed by atoms with Crippen molar-refractivity contribution in [1.82, 2.24) is 14.9 Å². The molecule has 0 spiro atoms. The number of carbonyl (C=O) groups is 1. The molecule has 5 heteroatoms. The van der Waals surface area contributed by atoms with Crippen molar-refractivity contribution in [3.8, 4) is 5.75 Å². The number of amides is 1. The van der Waals surface area contributed by atoms with Crippen molar-refractivity contribution in [1.29, 1.82) is 0 Å². The van der Waals surface area contributed by atoms with Crippen molar-refractivity contribution in [2.75, 3.05) is 6.61 Å². The molecule has 0 bridgehead atoms. The molecule has 24 heavy (non-hydrogen) atoms. The van der Waals surface area contributed by atoms with E-state index < -0.39 is 0 Å². The number of nitrogens with one attached hydrogen (secondary N) is 1. The molecular weight excluding hydrogens is 302 g/mol. The largest absolute Gasteiger partial charge is 0.491 e. The van der Waals surface area contributed by atoms with Gasteiger partial charge >= 0.3 is 0 Å². The number of benzene rings is 2. The van der Waals surface area contributed by atoms with E-state index in [0.717, 1.165) is 28.2 Å². The fourth-order valence-electron chi connectivity index (χ4n) is 2.80. The number of fused-ring (bicyclic) bond motifs is 1. The van der Waals surface area contributed by atoms with Crippen LogP contribution in [0.25, 0.3) is 11.0 Å². The Bertz CT molecular complexity index is 841. The van der Waals surface area contributed by atoms with Gasteiger partial charge in [0, 0.05) is 0 Å². The standard InChI is InChI=1S/C19H21N3O2/c1-14-7-3-6-10-18(14)24-12-11-22-17-9-5-4-8-16(17)21-19(22)15(2)20-13-23/h3-10,13,15H,11-12H2,1-2H3,(H,20,23)/t15-/m1/s1. The monoisotopic (exact) mass is 323 g/mol. The number of para-hydroxylation sites is 3. The summed E-state index contributed by atoms with van der Waals surface area (Å²) in [6.07, 6.45) is 0.707. The molecule has 0 saturated carbocycles. The van der Waals surface area contributed by atoms with Crippen molar-refractivity contribution < 1.29 is 9.53 Å². The summed E-state index contributed by atoms with van der Waals surface area (Å²) in [5.41, 5.74) is 3.08. The highest BCUT2D eigenvalue weighted by Crippen LogP contribution is 2.21. The number of carbonyl (C=O) groups excluding carboxylic acids is 1. The van der Waals surface area contributed by atoms with Crippen molar-refractivity contribution in [2.24, 2.45) is 0 Å². The lowest BCUT2D eigenvalue weighted by atomic mass is 10.2. The van der Waals surface area contributed by atoms with Gasteiger partial charge in [0.2, 0.25) is 6.41 Å². The molecular formula is C19H21N3O2. The first-order valence-electron chi connectivity index (χ1n) is 8.04. The van der Waals surface area contributed by atoms with Gasteiger partial charge in [-0.3, -0.25) is 4.79 Å². The Morgan fingerprint density at radius 2 is 1.96 bits per heavy atom. The molecule has 1 heterocycles. The predicted octanol–water partition coefficient (Wildman–Crippen LogP) is 3.23. The highest BCUT2D eigenvalue weighted by Gasteiger charge is 2.15. The van der Waals surface area contributed by atoms with Gasteiger partial charge < -0.3 is 14.6 Å². The molecule has 1 aromatic heterocycles. The fraction of sp³-hybridized carbons (Fsp3) is 0.263. The van der Waals surface area contributed by atoms with Crippen LogP contribution >= 0.6 is 0 Å². The zero-order valence-corrected chi connectivity index (χ0v) is 13.9. The van der Waals surface area contributed by atoms with Crippen LogP contribution in [0.15, 0.2) is 48.5 Å². The molecule has 1 atom stereocenters. The average Bonchev–Trinajstić information content (AvgIpc) is 2.96. The van der Waals surface area contributed by atoms with Crippen molar-refractivity contribution in [3.05, 3.63) is 59.9 Å². The van der Waals surface area contributed by atoms with E-state index in [1.165, 1.54) is 0 Å². The Balaban J connectivity index is 1.83. The van der Waals surface area contributed by atoms with Gasteiger partial charge in [0.1, 0.15) is 18.2 Å². The lowest BCUT2D eigenvalue weighted by Gasteiger charge is -2.15. The van der Waals surface area contributed by atoms with E-state index >= 15 is 0 Å². The molecule has 3 rings (SSSR count). The first kappa shape index (κ1) is 16.1. The summed E-state index contributed by atoms with van der Waals surface area (Å²) in [5, 5.41) is 2.78. The molecule has 3 aromatic rings. The minimum absolute atomic E-state index is 0.159. The molecule has 1 amide bonds. The van der Waals surface area contributed by atoms with Crippen molar-refractivity contribution in [2.45, 2.75) is 26.4 Å². The van der Waals surface area contributed by atoms with Gasteiger partial charge in [-0.05, 0) is 37.6 Å². The van der Waals surface area contributed by atoms with Gasteiger partial charge in [0.15, 0.2) is 0 Å². The molecule has 1 N–H and O–H groups in total. The highest BCUT2D eigenvalue weighted by molar-refractivity contribution is 5.76. The second kappa shape index (κ2) is 7.17. The first-order valence-corrected chi connectivity index (χ1v) is 8.04. The quantitative estimate of drug-likeness (QED) is 0.679. The topological polar surface area (TPSA) is 56.1 Å². The minimum atomic E-state index is -0.159. The van der Waals surface area contributed by atoms with Crippen LogP contribution in [-0.4, -0.2) is 22.6 Å². The van der Waals surface area contributed by atoms with Gasteiger partial charge in [0.25, 0.3) is 0 Å². The summed E-state index contributed by atoms with van der Waals surface area (Å²) >= 11 is 0. The third-order valence-corrected chi connectivity index (χ3v) is 4.06. The molecule has 2 aromatic carbocycles. The van der Waals surface area contributed by atoms with Crippen LogP contribution in [0.1, 0.15) is 24.4 Å². The number of nitrogens with zero attached hydrogens (tertiary/aromatic N) is 2. The molecule has 124 valence electrons. The van der Waals surface area contributed by atoms with Gasteiger partial charge in [-0.15, -0.1) is 0 Å². The predicted molar refractivity (Wildman–Crippen MR) is 94.0 cm³/mol. The van der Waals surface area contributed by atoms with Gasteiger partial charge in [-0.2, -0.15) is 0 Å². The SMILES string of the molecule is Cc1ccccc1OCCn1c([C@@H](C)NC=O)nc2ccccc21. The Morgan fingerprint density at radius 3 is 2.75 bits per heavy atom. The van der Waals surface area contributed by atoms with E-state index in [1.54, 1.807) is 0 Å². The normalized spacial score (nSPS) is 12.1. The highest BCUT2D eigenvalue weighted by atomic mass is 16.5. The van der Waals surface area contributed by atoms with Crippen molar-refractivity contribution >= 4 is 17.4 Å². The molecule has 0 aliphatic rings. The molecule has 0 saturated heterocycles. The second-order valence-electron chi connectivity index (χ2n) is 5.73. The number of ether oxygens (including phenoxy) is 1. The Kier molecular flexibility index (Phi) is 4.79. The Morgan fingerprint density at radius 1 is 1.21 bits per heavy atom. The lowest BCUT2D eigenvalue weighted by molar-refractivity contribution is -0.110. The molecule has 0 unspecified atom stereocenters. The molecule has 0 aliphatic heterocycles. The number of aromatic nitrogens is 2. The zero-order valence-electron chi connectivity index (χ0n) is 13.9. The van der Waals surface area contributed by atoms with E-state index in [0.29, 0.717) is 19.6 Å². The van der Waals surface area contributed by atoms with Gasteiger partial charge in [0.05, 0.1) is 23.6 Å². The van der Waals surface area contributed by atoms with Crippen molar-refractivity contribution in [3.63, 3.8) is 0 Å². The minimum Gasteiger partial charge on any atom is -0.491 e. The van der Waals surface area contributed by atoms with Crippen LogP contribution in [0.5, 0.6) is 5.75 Å². The van der Waals surface area contributed by atoms with E-state index in [4.69, 9.17) is 4.74 Å². The molecule has 0 fully saturated rings. The molecule has 0 aliphatic carbocycles. The summed E-state index contributed by atoms with van der Waals surface area (Å²) in [6.45, 7) is 5.15. The summed E-state index contributed by atoms with van der Waals surface area (Å²) in [7, 11) is 0. The smallest absolute Gasteiger partial charge is 0.207 e. The Labute approximate surface area is 141 Å². The second-order valence-corrected chi connectivity index (χ2v) is 5.73. The number of aryl methyl sites for hydroxylation is 1. The number of hydrogen-bond donors (Lipinski definition) is 1. The van der Waals surface area contributed by atoms with E-state index in [2.05, 4.69) is 14.9 Å². The zero-order chi connectivity index (χ0) is 16.9. The number of hydrogen-bond acceptors (Lipinski definition) is 3. The van der Waals surface area contributed by atoms with E-state index in [1.807, 2.05) is 62.4 Å². The van der Waals surface area contributed by atoms with Crippen LogP contribution in [-0.2, 0) is 11.3 Å². The molecule has 5 nitrogen and oxygen atoms in total. The van der Waals surface area contributed by atoms with E-state index in [-0.39, 0.29) is 6.04 Å². The van der Waals surface area contributed by atoms with Crippen LogP contribution in [0.4, 0.5) is 0 Å². The summed E-state index contributed by atoms with van der Waals surface area (Å²) in [5.74, 6) is 1.72. The maximum absolute atomic E-state index is 10.8. The van der Waals surface area contributed by atoms with Crippen LogP contribution in [0.2, 0.25) is 0 Å². The summed E-state index contributed by atoms with van der Waals surface area (Å²) in [4.78, 5) is 15.4. The number of rotatable bonds is 7.